The molecule has 1 aromatic rings. The van der Waals surface area contributed by atoms with Gasteiger partial charge >= 0.3 is 0 Å². The molecule has 0 bridgehead atoms. The van der Waals surface area contributed by atoms with Gasteiger partial charge in [-0.05, 0) is 23.9 Å². The van der Waals surface area contributed by atoms with E-state index in [1.165, 1.54) is 5.56 Å². The smallest absolute Gasteiger partial charge is 0.163 e. The number of nitrogens with two attached hydrogens (primary N) is 1. The fourth-order valence-corrected chi connectivity index (χ4v) is 1.54. The van der Waals surface area contributed by atoms with Crippen LogP contribution in [-0.4, -0.2) is 12.3 Å². The normalized spacial score (nSPS) is 11.5. The molecule has 2 nitrogen and oxygen atoms in total. The van der Waals surface area contributed by atoms with Crippen LogP contribution in [0.25, 0.3) is 0 Å². The third kappa shape index (κ3) is 3.46. The Labute approximate surface area is 97.9 Å². The number of hydrogen-bond acceptors (Lipinski definition) is 2. The molecule has 0 aromatic heterocycles. The third-order valence-electron chi connectivity index (χ3n) is 2.88. The summed E-state index contributed by atoms with van der Waals surface area (Å²) in [6.07, 6.45) is 1.51. The lowest BCUT2D eigenvalue weighted by Crippen LogP contribution is -2.26. The molecule has 0 amide bonds. The van der Waals surface area contributed by atoms with Crippen molar-refractivity contribution in [1.82, 2.24) is 0 Å². The van der Waals surface area contributed by atoms with E-state index in [0.717, 1.165) is 12.0 Å². The first kappa shape index (κ1) is 12.9. The third-order valence-corrected chi connectivity index (χ3v) is 2.88. The standard InChI is InChI=1S/C14H21NO/c1-4-11-5-7-12(8-6-11)13(16)9-14(2,3)10-15/h5-8H,4,9-10,15H2,1-3H3. The van der Waals surface area contributed by atoms with Crippen molar-refractivity contribution in [1.29, 1.82) is 0 Å². The van der Waals surface area contributed by atoms with Crippen molar-refractivity contribution in [3.05, 3.63) is 35.4 Å². The quantitative estimate of drug-likeness (QED) is 0.774. The molecular weight excluding hydrogens is 198 g/mol. The van der Waals surface area contributed by atoms with Gasteiger partial charge < -0.3 is 5.73 Å². The zero-order valence-electron chi connectivity index (χ0n) is 10.4. The monoisotopic (exact) mass is 219 g/mol. The molecule has 0 fully saturated rings. The summed E-state index contributed by atoms with van der Waals surface area (Å²) < 4.78 is 0. The van der Waals surface area contributed by atoms with Crippen molar-refractivity contribution in [3.63, 3.8) is 0 Å². The van der Waals surface area contributed by atoms with Gasteiger partial charge in [-0.3, -0.25) is 4.79 Å². The first-order valence-electron chi connectivity index (χ1n) is 5.81. The highest BCUT2D eigenvalue weighted by atomic mass is 16.1. The van der Waals surface area contributed by atoms with Crippen molar-refractivity contribution in [2.45, 2.75) is 33.6 Å². The molecule has 0 radical (unpaired) electrons. The molecule has 88 valence electrons. The van der Waals surface area contributed by atoms with Crippen LogP contribution >= 0.6 is 0 Å². The lowest BCUT2D eigenvalue weighted by atomic mass is 9.85. The molecule has 0 aliphatic rings. The molecular formula is C14H21NO. The maximum Gasteiger partial charge on any atom is 0.163 e. The Kier molecular flexibility index (Phi) is 4.25. The van der Waals surface area contributed by atoms with E-state index in [2.05, 4.69) is 6.92 Å². The van der Waals surface area contributed by atoms with E-state index in [9.17, 15) is 4.79 Å². The second-order valence-corrected chi connectivity index (χ2v) is 5.02. The molecule has 0 saturated carbocycles. The highest BCUT2D eigenvalue weighted by Gasteiger charge is 2.20. The molecule has 0 aliphatic heterocycles. The summed E-state index contributed by atoms with van der Waals surface area (Å²) in [5, 5.41) is 0. The fraction of sp³-hybridized carbons (Fsp3) is 0.500. The SMILES string of the molecule is CCc1ccc(C(=O)CC(C)(C)CN)cc1. The molecule has 0 spiro atoms. The van der Waals surface area contributed by atoms with E-state index in [1.807, 2.05) is 38.1 Å². The van der Waals surface area contributed by atoms with E-state index in [-0.39, 0.29) is 11.2 Å². The summed E-state index contributed by atoms with van der Waals surface area (Å²) in [5.41, 5.74) is 7.56. The first-order valence-corrected chi connectivity index (χ1v) is 5.81. The van der Waals surface area contributed by atoms with E-state index in [4.69, 9.17) is 5.73 Å². The van der Waals surface area contributed by atoms with Crippen molar-refractivity contribution < 1.29 is 4.79 Å². The number of carbonyl (C=O) groups is 1. The van der Waals surface area contributed by atoms with Gasteiger partial charge in [-0.1, -0.05) is 45.0 Å². The van der Waals surface area contributed by atoms with Crippen LogP contribution in [0.2, 0.25) is 0 Å². The van der Waals surface area contributed by atoms with Gasteiger partial charge in [0.1, 0.15) is 0 Å². The number of ketones is 1. The van der Waals surface area contributed by atoms with Gasteiger partial charge in [0, 0.05) is 12.0 Å². The number of benzene rings is 1. The van der Waals surface area contributed by atoms with E-state index >= 15 is 0 Å². The Hall–Kier alpha value is -1.15. The second kappa shape index (κ2) is 5.26. The Balaban J connectivity index is 2.73. The van der Waals surface area contributed by atoms with Crippen molar-refractivity contribution in [2.75, 3.05) is 6.54 Å². The largest absolute Gasteiger partial charge is 0.330 e. The topological polar surface area (TPSA) is 43.1 Å². The Bertz CT molecular complexity index is 352. The Morgan fingerprint density at radius 3 is 2.25 bits per heavy atom. The molecule has 2 N–H and O–H groups in total. The maximum absolute atomic E-state index is 12.0. The van der Waals surface area contributed by atoms with Crippen LogP contribution in [-0.2, 0) is 6.42 Å². The van der Waals surface area contributed by atoms with Crippen molar-refractivity contribution in [3.8, 4) is 0 Å². The number of hydrogen-bond donors (Lipinski definition) is 1. The fourth-order valence-electron chi connectivity index (χ4n) is 1.54. The highest BCUT2D eigenvalue weighted by molar-refractivity contribution is 5.96. The molecule has 1 aromatic carbocycles. The van der Waals surface area contributed by atoms with E-state index < -0.39 is 0 Å². The summed E-state index contributed by atoms with van der Waals surface area (Å²) in [6.45, 7) is 6.68. The average molecular weight is 219 g/mol. The van der Waals surface area contributed by atoms with Gasteiger partial charge in [-0.2, -0.15) is 0 Å². The predicted octanol–water partition coefficient (Wildman–Crippen LogP) is 2.81. The Morgan fingerprint density at radius 1 is 1.25 bits per heavy atom. The van der Waals surface area contributed by atoms with Gasteiger partial charge in [0.2, 0.25) is 0 Å². The number of carbonyl (C=O) groups excluding carboxylic acids is 1. The van der Waals surface area contributed by atoms with Gasteiger partial charge in [0.15, 0.2) is 5.78 Å². The van der Waals surface area contributed by atoms with E-state index in [1.54, 1.807) is 0 Å². The highest BCUT2D eigenvalue weighted by Crippen LogP contribution is 2.21. The number of Topliss-reactive ketones (excluding diaryl/α,β-unsaturated/α-hetero) is 1. The summed E-state index contributed by atoms with van der Waals surface area (Å²) in [4.78, 5) is 12.0. The molecule has 1 rings (SSSR count). The van der Waals surface area contributed by atoms with Crippen molar-refractivity contribution >= 4 is 5.78 Å². The van der Waals surface area contributed by atoms with Gasteiger partial charge in [-0.25, -0.2) is 0 Å². The molecule has 0 saturated heterocycles. The van der Waals surface area contributed by atoms with E-state index in [0.29, 0.717) is 13.0 Å². The van der Waals surface area contributed by atoms with Crippen LogP contribution in [0.5, 0.6) is 0 Å². The summed E-state index contributed by atoms with van der Waals surface area (Å²) in [7, 11) is 0. The van der Waals surface area contributed by atoms with Crippen molar-refractivity contribution in [2.24, 2.45) is 11.1 Å². The van der Waals surface area contributed by atoms with Crippen LogP contribution in [0.3, 0.4) is 0 Å². The van der Waals surface area contributed by atoms with Crippen LogP contribution in [0.4, 0.5) is 0 Å². The molecule has 0 heterocycles. The first-order chi connectivity index (χ1) is 7.48. The van der Waals surface area contributed by atoms with Crippen LogP contribution in [0.15, 0.2) is 24.3 Å². The minimum Gasteiger partial charge on any atom is -0.330 e. The van der Waals surface area contributed by atoms with Crippen LogP contribution < -0.4 is 5.73 Å². The maximum atomic E-state index is 12.0. The van der Waals surface area contributed by atoms with Crippen LogP contribution in [0.1, 0.15) is 43.1 Å². The molecule has 0 atom stereocenters. The Morgan fingerprint density at radius 2 is 1.81 bits per heavy atom. The minimum atomic E-state index is -0.111. The average Bonchev–Trinajstić information content (AvgIpc) is 2.28. The zero-order chi connectivity index (χ0) is 12.2. The molecule has 2 heteroatoms. The lowest BCUT2D eigenvalue weighted by molar-refractivity contribution is 0.0935. The summed E-state index contributed by atoms with van der Waals surface area (Å²) in [5.74, 6) is 0.179. The molecule has 16 heavy (non-hydrogen) atoms. The zero-order valence-corrected chi connectivity index (χ0v) is 10.4. The minimum absolute atomic E-state index is 0.111. The van der Waals surface area contributed by atoms with Gasteiger partial charge in [0.05, 0.1) is 0 Å². The number of rotatable bonds is 5. The lowest BCUT2D eigenvalue weighted by Gasteiger charge is -2.21. The predicted molar refractivity (Wildman–Crippen MR) is 67.6 cm³/mol. The number of aryl methyl sites for hydroxylation is 1. The summed E-state index contributed by atoms with van der Waals surface area (Å²) in [6, 6.07) is 7.85. The van der Waals surface area contributed by atoms with Gasteiger partial charge in [-0.15, -0.1) is 0 Å². The second-order valence-electron chi connectivity index (χ2n) is 5.02. The van der Waals surface area contributed by atoms with Crippen LogP contribution in [0, 0.1) is 5.41 Å². The summed E-state index contributed by atoms with van der Waals surface area (Å²) >= 11 is 0. The van der Waals surface area contributed by atoms with Gasteiger partial charge in [0.25, 0.3) is 0 Å². The molecule has 0 unspecified atom stereocenters. The molecule has 0 aliphatic carbocycles.